The van der Waals surface area contributed by atoms with E-state index in [4.69, 9.17) is 4.74 Å². The van der Waals surface area contributed by atoms with E-state index in [9.17, 15) is 8.78 Å². The molecule has 1 fully saturated rings. The van der Waals surface area contributed by atoms with E-state index in [0.717, 1.165) is 31.6 Å². The van der Waals surface area contributed by atoms with Crippen molar-refractivity contribution in [2.75, 3.05) is 13.2 Å². The zero-order valence-electron chi connectivity index (χ0n) is 12.2. The summed E-state index contributed by atoms with van der Waals surface area (Å²) in [6, 6.07) is 4.42. The summed E-state index contributed by atoms with van der Waals surface area (Å²) in [5.74, 6) is -1.12. The number of nitrogens with one attached hydrogen (secondary N) is 1. The molecule has 0 aromatic heterocycles. The molecule has 0 amide bonds. The van der Waals surface area contributed by atoms with Crippen LogP contribution in [0.3, 0.4) is 0 Å². The van der Waals surface area contributed by atoms with Gasteiger partial charge in [0.25, 0.3) is 0 Å². The molecular weight excluding hydrogens is 260 g/mol. The molecule has 1 aromatic rings. The predicted octanol–water partition coefficient (Wildman–Crippen LogP) is 3.30. The summed E-state index contributed by atoms with van der Waals surface area (Å²) in [5, 5.41) is 3.52. The summed E-state index contributed by atoms with van der Waals surface area (Å²) in [7, 11) is 0. The molecule has 2 nitrogen and oxygen atoms in total. The monoisotopic (exact) mass is 283 g/mol. The molecular formula is C16H23F2NO. The molecule has 1 aromatic carbocycles. The van der Waals surface area contributed by atoms with Crippen molar-refractivity contribution in [3.05, 3.63) is 35.4 Å². The highest BCUT2D eigenvalue weighted by Gasteiger charge is 2.29. The van der Waals surface area contributed by atoms with Crippen molar-refractivity contribution in [2.45, 2.75) is 45.3 Å². The molecule has 1 aliphatic rings. The number of ether oxygens (including phenoxy) is 1. The first kappa shape index (κ1) is 15.4. The molecule has 0 bridgehead atoms. The first-order valence-corrected chi connectivity index (χ1v) is 7.39. The van der Waals surface area contributed by atoms with E-state index < -0.39 is 11.6 Å². The van der Waals surface area contributed by atoms with Crippen molar-refractivity contribution in [1.82, 2.24) is 5.32 Å². The van der Waals surface area contributed by atoms with Gasteiger partial charge in [0.1, 0.15) is 0 Å². The van der Waals surface area contributed by atoms with Crippen LogP contribution >= 0.6 is 0 Å². The molecule has 0 spiro atoms. The molecule has 1 aliphatic heterocycles. The van der Waals surface area contributed by atoms with Gasteiger partial charge < -0.3 is 10.1 Å². The smallest absolute Gasteiger partial charge is 0.159 e. The second-order valence-corrected chi connectivity index (χ2v) is 5.65. The van der Waals surface area contributed by atoms with Crippen LogP contribution in [0.25, 0.3) is 0 Å². The van der Waals surface area contributed by atoms with Crippen LogP contribution in [0.5, 0.6) is 0 Å². The van der Waals surface area contributed by atoms with Gasteiger partial charge in [-0.25, -0.2) is 8.78 Å². The SMILES string of the molecule is CCCNC(Cc1ccc(F)c(F)c1)C1COC(C)C1. The first-order valence-electron chi connectivity index (χ1n) is 7.39. The van der Waals surface area contributed by atoms with Crippen molar-refractivity contribution in [3.8, 4) is 0 Å². The lowest BCUT2D eigenvalue weighted by molar-refractivity contribution is 0.117. The van der Waals surface area contributed by atoms with Crippen molar-refractivity contribution in [3.63, 3.8) is 0 Å². The van der Waals surface area contributed by atoms with Crippen LogP contribution in [0.1, 0.15) is 32.3 Å². The van der Waals surface area contributed by atoms with Crippen LogP contribution in [0.2, 0.25) is 0 Å². The third kappa shape index (κ3) is 4.00. The average Bonchev–Trinajstić information content (AvgIpc) is 2.85. The Morgan fingerprint density at radius 2 is 2.15 bits per heavy atom. The fourth-order valence-electron chi connectivity index (χ4n) is 2.79. The second-order valence-electron chi connectivity index (χ2n) is 5.65. The third-order valence-corrected chi connectivity index (χ3v) is 3.89. The minimum Gasteiger partial charge on any atom is -0.378 e. The van der Waals surface area contributed by atoms with Gasteiger partial charge in [0.15, 0.2) is 11.6 Å². The van der Waals surface area contributed by atoms with Gasteiger partial charge in [-0.3, -0.25) is 0 Å². The van der Waals surface area contributed by atoms with Crippen LogP contribution in [-0.2, 0) is 11.2 Å². The zero-order chi connectivity index (χ0) is 14.5. The highest BCUT2D eigenvalue weighted by Crippen LogP contribution is 2.25. The van der Waals surface area contributed by atoms with Crippen molar-refractivity contribution >= 4 is 0 Å². The molecule has 1 heterocycles. The number of rotatable bonds is 6. The fraction of sp³-hybridized carbons (Fsp3) is 0.625. The molecule has 2 rings (SSSR count). The van der Waals surface area contributed by atoms with Crippen LogP contribution in [0.4, 0.5) is 8.78 Å². The van der Waals surface area contributed by atoms with Gasteiger partial charge in [-0.1, -0.05) is 13.0 Å². The van der Waals surface area contributed by atoms with Gasteiger partial charge >= 0.3 is 0 Å². The molecule has 0 saturated carbocycles. The first-order chi connectivity index (χ1) is 9.60. The van der Waals surface area contributed by atoms with Crippen molar-refractivity contribution < 1.29 is 13.5 Å². The van der Waals surface area contributed by atoms with Gasteiger partial charge in [0.05, 0.1) is 12.7 Å². The van der Waals surface area contributed by atoms with E-state index in [1.54, 1.807) is 6.07 Å². The van der Waals surface area contributed by atoms with E-state index in [0.29, 0.717) is 12.3 Å². The van der Waals surface area contributed by atoms with E-state index in [1.807, 2.05) is 0 Å². The minimum atomic E-state index is -0.787. The van der Waals surface area contributed by atoms with E-state index >= 15 is 0 Å². The van der Waals surface area contributed by atoms with Crippen LogP contribution in [0, 0.1) is 17.6 Å². The Morgan fingerprint density at radius 1 is 1.35 bits per heavy atom. The molecule has 0 radical (unpaired) electrons. The van der Waals surface area contributed by atoms with Gasteiger partial charge in [0.2, 0.25) is 0 Å². The Morgan fingerprint density at radius 3 is 2.75 bits per heavy atom. The number of benzene rings is 1. The van der Waals surface area contributed by atoms with E-state index in [-0.39, 0.29) is 12.1 Å². The lowest BCUT2D eigenvalue weighted by atomic mass is 9.91. The van der Waals surface area contributed by atoms with Gasteiger partial charge in [-0.15, -0.1) is 0 Å². The molecule has 20 heavy (non-hydrogen) atoms. The van der Waals surface area contributed by atoms with Gasteiger partial charge in [-0.2, -0.15) is 0 Å². The maximum atomic E-state index is 13.3. The summed E-state index contributed by atoms with van der Waals surface area (Å²) in [4.78, 5) is 0. The van der Waals surface area contributed by atoms with E-state index in [2.05, 4.69) is 19.2 Å². The van der Waals surface area contributed by atoms with Crippen LogP contribution < -0.4 is 5.32 Å². The maximum absolute atomic E-state index is 13.3. The Kier molecular flexibility index (Phi) is 5.49. The molecule has 0 aliphatic carbocycles. The van der Waals surface area contributed by atoms with Crippen LogP contribution in [-0.4, -0.2) is 25.3 Å². The van der Waals surface area contributed by atoms with E-state index in [1.165, 1.54) is 12.1 Å². The minimum absolute atomic E-state index is 0.254. The third-order valence-electron chi connectivity index (χ3n) is 3.89. The number of hydrogen-bond donors (Lipinski definition) is 1. The normalized spacial score (nSPS) is 24.0. The second kappa shape index (κ2) is 7.14. The Hall–Kier alpha value is -1.00. The highest BCUT2D eigenvalue weighted by atomic mass is 19.2. The zero-order valence-corrected chi connectivity index (χ0v) is 12.2. The number of halogens is 2. The largest absolute Gasteiger partial charge is 0.378 e. The van der Waals surface area contributed by atoms with Crippen molar-refractivity contribution in [1.29, 1.82) is 0 Å². The quantitative estimate of drug-likeness (QED) is 0.865. The summed E-state index contributed by atoms with van der Waals surface area (Å²) in [6.07, 6.45) is 3.07. The summed E-state index contributed by atoms with van der Waals surface area (Å²) in [6.45, 7) is 5.87. The average molecular weight is 283 g/mol. The Balaban J connectivity index is 2.04. The predicted molar refractivity (Wildman–Crippen MR) is 75.7 cm³/mol. The van der Waals surface area contributed by atoms with Crippen LogP contribution in [0.15, 0.2) is 18.2 Å². The number of hydrogen-bond acceptors (Lipinski definition) is 2. The Labute approximate surface area is 119 Å². The molecule has 112 valence electrons. The Bertz CT molecular complexity index is 438. The molecule has 1 N–H and O–H groups in total. The standard InChI is InChI=1S/C16H23F2NO/c1-3-6-19-16(13-7-11(2)20-10-13)9-12-4-5-14(17)15(18)8-12/h4-5,8,11,13,16,19H,3,6-7,9-10H2,1-2H3. The maximum Gasteiger partial charge on any atom is 0.159 e. The van der Waals surface area contributed by atoms with Gasteiger partial charge in [0, 0.05) is 12.0 Å². The topological polar surface area (TPSA) is 21.3 Å². The fourth-order valence-corrected chi connectivity index (χ4v) is 2.79. The van der Waals surface area contributed by atoms with Gasteiger partial charge in [-0.05, 0) is 50.4 Å². The molecule has 4 heteroatoms. The summed E-state index contributed by atoms with van der Waals surface area (Å²) < 4.78 is 31.9. The lowest BCUT2D eigenvalue weighted by Gasteiger charge is -2.24. The lowest BCUT2D eigenvalue weighted by Crippen LogP contribution is -2.39. The molecule has 3 atom stereocenters. The highest BCUT2D eigenvalue weighted by molar-refractivity contribution is 5.19. The summed E-state index contributed by atoms with van der Waals surface area (Å²) >= 11 is 0. The molecule has 1 saturated heterocycles. The summed E-state index contributed by atoms with van der Waals surface area (Å²) in [5.41, 5.74) is 0.831. The molecule has 3 unspecified atom stereocenters. The van der Waals surface area contributed by atoms with Crippen molar-refractivity contribution in [2.24, 2.45) is 5.92 Å².